The first kappa shape index (κ1) is 23.1. The van der Waals surface area contributed by atoms with Crippen molar-refractivity contribution in [2.45, 2.75) is 94.9 Å². The van der Waals surface area contributed by atoms with Gasteiger partial charge in [-0.2, -0.15) is 0 Å². The van der Waals surface area contributed by atoms with Crippen molar-refractivity contribution in [2.75, 3.05) is 12.9 Å². The molecule has 2 fully saturated rings. The zero-order valence-corrected chi connectivity index (χ0v) is 20.3. The number of rotatable bonds is 8. The monoisotopic (exact) mass is 456 g/mol. The molecule has 2 aliphatic rings. The first-order valence-corrected chi connectivity index (χ1v) is 13.2. The third-order valence-corrected chi connectivity index (χ3v) is 7.88. The Morgan fingerprint density at radius 2 is 1.66 bits per heavy atom. The SMILES string of the molecule is CCn1c(SCC(=O)N(C2CCCCC2)C2CCCCC2)nnc1-c1ccccc1OC. The van der Waals surface area contributed by atoms with Crippen LogP contribution in [0.15, 0.2) is 29.4 Å². The molecule has 1 heterocycles. The average Bonchev–Trinajstić information content (AvgIpc) is 3.27. The van der Waals surface area contributed by atoms with Crippen molar-refractivity contribution >= 4 is 17.7 Å². The largest absolute Gasteiger partial charge is 0.496 e. The fourth-order valence-electron chi connectivity index (χ4n) is 5.33. The number of methoxy groups -OCH3 is 1. The summed E-state index contributed by atoms with van der Waals surface area (Å²) in [5.74, 6) is 2.27. The predicted octanol–water partition coefficient (Wildman–Crippen LogP) is 5.56. The summed E-state index contributed by atoms with van der Waals surface area (Å²) in [6, 6.07) is 8.72. The van der Waals surface area contributed by atoms with E-state index in [1.54, 1.807) is 7.11 Å². The maximum Gasteiger partial charge on any atom is 0.233 e. The Bertz CT molecular complexity index is 870. The van der Waals surface area contributed by atoms with E-state index in [9.17, 15) is 4.79 Å². The third-order valence-electron chi connectivity index (χ3n) is 6.93. The van der Waals surface area contributed by atoms with Crippen LogP contribution in [0, 0.1) is 0 Å². The average molecular weight is 457 g/mol. The number of amides is 1. The Balaban J connectivity index is 1.50. The Morgan fingerprint density at radius 3 is 2.25 bits per heavy atom. The Kier molecular flexibility index (Phi) is 8.11. The van der Waals surface area contributed by atoms with Gasteiger partial charge in [-0.05, 0) is 44.7 Å². The molecule has 0 unspecified atom stereocenters. The maximum atomic E-state index is 13.5. The molecule has 0 radical (unpaired) electrons. The van der Waals surface area contributed by atoms with Gasteiger partial charge in [-0.1, -0.05) is 62.4 Å². The Morgan fingerprint density at radius 1 is 1.03 bits per heavy atom. The highest BCUT2D eigenvalue weighted by Crippen LogP contribution is 2.33. The summed E-state index contributed by atoms with van der Waals surface area (Å²) in [6.07, 6.45) is 12.3. The summed E-state index contributed by atoms with van der Waals surface area (Å²) < 4.78 is 7.61. The van der Waals surface area contributed by atoms with Crippen LogP contribution in [0.3, 0.4) is 0 Å². The number of aromatic nitrogens is 3. The summed E-state index contributed by atoms with van der Waals surface area (Å²) in [5, 5.41) is 9.70. The molecule has 0 atom stereocenters. The van der Waals surface area contributed by atoms with Crippen molar-refractivity contribution in [3.05, 3.63) is 24.3 Å². The lowest BCUT2D eigenvalue weighted by atomic mass is 9.88. The lowest BCUT2D eigenvalue weighted by molar-refractivity contribution is -0.135. The van der Waals surface area contributed by atoms with Gasteiger partial charge in [0.25, 0.3) is 0 Å². The van der Waals surface area contributed by atoms with Gasteiger partial charge < -0.3 is 14.2 Å². The van der Waals surface area contributed by atoms with Gasteiger partial charge in [-0.25, -0.2) is 0 Å². The number of thioether (sulfide) groups is 1. The topological polar surface area (TPSA) is 60.2 Å². The highest BCUT2D eigenvalue weighted by molar-refractivity contribution is 7.99. The molecule has 4 rings (SSSR count). The summed E-state index contributed by atoms with van der Waals surface area (Å²) >= 11 is 1.52. The van der Waals surface area contributed by atoms with Crippen molar-refractivity contribution in [3.63, 3.8) is 0 Å². The highest BCUT2D eigenvalue weighted by atomic mass is 32.2. The number of nitrogens with zero attached hydrogens (tertiary/aromatic N) is 4. The van der Waals surface area contributed by atoms with Gasteiger partial charge >= 0.3 is 0 Å². The molecule has 0 bridgehead atoms. The van der Waals surface area contributed by atoms with E-state index < -0.39 is 0 Å². The first-order chi connectivity index (χ1) is 15.7. The van der Waals surface area contributed by atoms with Gasteiger partial charge in [0, 0.05) is 18.6 Å². The van der Waals surface area contributed by atoms with Crippen LogP contribution < -0.4 is 4.74 Å². The lowest BCUT2D eigenvalue weighted by Crippen LogP contribution is -2.49. The molecule has 0 N–H and O–H groups in total. The zero-order chi connectivity index (χ0) is 22.3. The molecule has 2 aromatic rings. The van der Waals surface area contributed by atoms with Crippen molar-refractivity contribution in [1.29, 1.82) is 0 Å². The van der Waals surface area contributed by atoms with E-state index in [0.29, 0.717) is 17.8 Å². The fraction of sp³-hybridized carbons (Fsp3) is 0.640. The first-order valence-electron chi connectivity index (χ1n) is 12.2. The summed E-state index contributed by atoms with van der Waals surface area (Å²) in [5.41, 5.74) is 0.925. The third kappa shape index (κ3) is 5.13. The zero-order valence-electron chi connectivity index (χ0n) is 19.5. The number of hydrogen-bond acceptors (Lipinski definition) is 5. The van der Waals surface area contributed by atoms with Crippen LogP contribution in [0.25, 0.3) is 11.4 Å². The molecule has 174 valence electrons. The van der Waals surface area contributed by atoms with Crippen LogP contribution in [0.2, 0.25) is 0 Å². The molecule has 1 aromatic heterocycles. The van der Waals surface area contributed by atoms with E-state index in [-0.39, 0.29) is 5.91 Å². The standard InChI is InChI=1S/C25H36N4O2S/c1-3-28-24(21-16-10-11-17-22(21)31-2)26-27-25(28)32-18-23(30)29(19-12-6-4-7-13-19)20-14-8-5-9-15-20/h10-11,16-17,19-20H,3-9,12-15,18H2,1-2H3. The van der Waals surface area contributed by atoms with Crippen LogP contribution in [-0.4, -0.2) is 50.5 Å². The number of benzene rings is 1. The smallest absolute Gasteiger partial charge is 0.233 e. The molecular formula is C25H36N4O2S. The van der Waals surface area contributed by atoms with Crippen LogP contribution in [0.5, 0.6) is 5.75 Å². The van der Waals surface area contributed by atoms with Gasteiger partial charge in [0.2, 0.25) is 5.91 Å². The molecule has 6 nitrogen and oxygen atoms in total. The number of para-hydroxylation sites is 1. The molecule has 32 heavy (non-hydrogen) atoms. The van der Waals surface area contributed by atoms with Gasteiger partial charge in [-0.3, -0.25) is 4.79 Å². The van der Waals surface area contributed by atoms with Crippen molar-refractivity contribution in [2.24, 2.45) is 0 Å². The number of carbonyl (C=O) groups excluding carboxylic acids is 1. The molecule has 0 aliphatic heterocycles. The van der Waals surface area contributed by atoms with Gasteiger partial charge in [0.1, 0.15) is 5.75 Å². The van der Waals surface area contributed by atoms with Crippen molar-refractivity contribution in [1.82, 2.24) is 19.7 Å². The van der Waals surface area contributed by atoms with Gasteiger partial charge in [-0.15, -0.1) is 10.2 Å². The second-order valence-electron chi connectivity index (χ2n) is 8.92. The molecule has 2 saturated carbocycles. The van der Waals surface area contributed by atoms with Crippen molar-refractivity contribution in [3.8, 4) is 17.1 Å². The normalized spacial score (nSPS) is 17.9. The van der Waals surface area contributed by atoms with Crippen LogP contribution >= 0.6 is 11.8 Å². The van der Waals surface area contributed by atoms with E-state index >= 15 is 0 Å². The lowest BCUT2D eigenvalue weighted by Gasteiger charge is -2.41. The van der Waals surface area contributed by atoms with Crippen molar-refractivity contribution < 1.29 is 9.53 Å². The van der Waals surface area contributed by atoms with E-state index in [1.807, 2.05) is 24.3 Å². The second kappa shape index (κ2) is 11.2. The minimum atomic E-state index is 0.276. The minimum absolute atomic E-state index is 0.276. The predicted molar refractivity (Wildman–Crippen MR) is 129 cm³/mol. The molecule has 2 aliphatic carbocycles. The molecular weight excluding hydrogens is 420 g/mol. The summed E-state index contributed by atoms with van der Waals surface area (Å²) in [6.45, 7) is 2.83. The second-order valence-corrected chi connectivity index (χ2v) is 9.87. The van der Waals surface area contributed by atoms with E-state index in [1.165, 1.54) is 50.3 Å². The van der Waals surface area contributed by atoms with Crippen LogP contribution in [0.4, 0.5) is 0 Å². The number of carbonyl (C=O) groups is 1. The maximum absolute atomic E-state index is 13.5. The van der Waals surface area contributed by atoms with E-state index in [0.717, 1.165) is 54.5 Å². The molecule has 1 amide bonds. The minimum Gasteiger partial charge on any atom is -0.496 e. The highest BCUT2D eigenvalue weighted by Gasteiger charge is 2.32. The van der Waals surface area contributed by atoms with Gasteiger partial charge in [0.15, 0.2) is 11.0 Å². The number of hydrogen-bond donors (Lipinski definition) is 0. The molecule has 0 spiro atoms. The summed E-state index contributed by atoms with van der Waals surface area (Å²) in [4.78, 5) is 15.8. The van der Waals surface area contributed by atoms with Gasteiger partial charge in [0.05, 0.1) is 18.4 Å². The van der Waals surface area contributed by atoms with E-state index in [2.05, 4.69) is 26.6 Å². The molecule has 1 aromatic carbocycles. The summed E-state index contributed by atoms with van der Waals surface area (Å²) in [7, 11) is 1.67. The molecule has 0 saturated heterocycles. The van der Waals surface area contributed by atoms with E-state index in [4.69, 9.17) is 4.74 Å². The molecule has 7 heteroatoms. The number of ether oxygens (including phenoxy) is 1. The Hall–Kier alpha value is -2.02. The van der Waals surface area contributed by atoms with Crippen LogP contribution in [0.1, 0.15) is 71.1 Å². The Labute approximate surface area is 196 Å². The quantitative estimate of drug-likeness (QED) is 0.487. The fourth-order valence-corrected chi connectivity index (χ4v) is 6.21. The van der Waals surface area contributed by atoms with Crippen LogP contribution in [-0.2, 0) is 11.3 Å².